The molecule has 0 atom stereocenters. The van der Waals surface area contributed by atoms with E-state index in [2.05, 4.69) is 178 Å². The summed E-state index contributed by atoms with van der Waals surface area (Å²) in [6.45, 7) is 3.99. The smallest absolute Gasteiger partial charge is 0.102 e. The molecule has 0 bridgehead atoms. The average molecular weight is 726 g/mol. The van der Waals surface area contributed by atoms with Crippen LogP contribution in [0.2, 0.25) is 0 Å². The molecule has 11 aromatic rings. The minimum absolute atomic E-state index is 0.408. The lowest BCUT2D eigenvalue weighted by Gasteiger charge is -2.26. The minimum atomic E-state index is 0.408. The van der Waals surface area contributed by atoms with Gasteiger partial charge in [0.15, 0.2) is 0 Å². The molecule has 57 heavy (non-hydrogen) atoms. The first-order valence-electron chi connectivity index (χ1n) is 18.9. The summed E-state index contributed by atoms with van der Waals surface area (Å²) in [5.74, 6) is 0. The van der Waals surface area contributed by atoms with E-state index >= 15 is 0 Å². The van der Waals surface area contributed by atoms with E-state index in [4.69, 9.17) is 0 Å². The average Bonchev–Trinajstić information content (AvgIpc) is 3.91. The highest BCUT2D eigenvalue weighted by Gasteiger charge is 2.33. The zero-order chi connectivity index (χ0) is 38.2. The molecular weight excluding hydrogens is 695 g/mol. The zero-order valence-electron chi connectivity index (χ0n) is 30.7. The van der Waals surface area contributed by atoms with Crippen molar-refractivity contribution in [1.29, 1.82) is 10.5 Å². The largest absolute Gasteiger partial charge is 0.306 e. The summed E-state index contributed by atoms with van der Waals surface area (Å²) in [5.41, 5.74) is 11.0. The molecule has 5 heteroatoms. The molecule has 0 amide bonds. The van der Waals surface area contributed by atoms with Crippen LogP contribution in [-0.2, 0) is 0 Å². The number of hydrogen-bond donors (Lipinski definition) is 0. The number of aromatic nitrogens is 3. The van der Waals surface area contributed by atoms with Crippen molar-refractivity contribution in [2.75, 3.05) is 0 Å². The fourth-order valence-corrected chi connectivity index (χ4v) is 9.14. The number of benzene rings is 8. The van der Waals surface area contributed by atoms with Gasteiger partial charge in [0.05, 0.1) is 61.3 Å². The van der Waals surface area contributed by atoms with Crippen LogP contribution in [0.15, 0.2) is 176 Å². The van der Waals surface area contributed by atoms with Gasteiger partial charge < -0.3 is 13.7 Å². The highest BCUT2D eigenvalue weighted by Crippen LogP contribution is 2.48. The molecule has 8 aromatic carbocycles. The summed E-state index contributed by atoms with van der Waals surface area (Å²) in [5, 5.41) is 29.9. The Balaban J connectivity index is 1.50. The van der Waals surface area contributed by atoms with Crippen molar-refractivity contribution in [3.05, 3.63) is 193 Å². The Morgan fingerprint density at radius 3 is 0.930 bits per heavy atom. The predicted molar refractivity (Wildman–Crippen MR) is 234 cm³/mol. The second kappa shape index (κ2) is 12.5. The SMILES string of the molecule is C=Cc1ccc(-c2c(C#N)c(-n3c4ccccc4c4ccccc43)c(-n3c4ccccc4c4ccccc43)c(-n3c4ccccc4c4ccccc43)c2C#N)cc1. The van der Waals surface area contributed by atoms with Crippen LogP contribution in [0, 0.1) is 22.7 Å². The highest BCUT2D eigenvalue weighted by atomic mass is 15.1. The van der Waals surface area contributed by atoms with Crippen molar-refractivity contribution < 1.29 is 0 Å². The van der Waals surface area contributed by atoms with Crippen molar-refractivity contribution in [3.8, 4) is 40.3 Å². The summed E-state index contributed by atoms with van der Waals surface area (Å²) in [6.07, 6.45) is 1.80. The molecule has 0 N–H and O–H groups in total. The normalized spacial score (nSPS) is 11.5. The third-order valence-corrected chi connectivity index (χ3v) is 11.5. The summed E-state index contributed by atoms with van der Waals surface area (Å²) < 4.78 is 6.79. The molecule has 0 spiro atoms. The molecule has 0 aliphatic rings. The number of nitrogens with zero attached hydrogens (tertiary/aromatic N) is 5. The van der Waals surface area contributed by atoms with Gasteiger partial charge in [0.25, 0.3) is 0 Å². The molecule has 0 unspecified atom stereocenters. The third kappa shape index (κ3) is 4.49. The van der Waals surface area contributed by atoms with Crippen molar-refractivity contribution >= 4 is 71.5 Å². The molecule has 0 aliphatic carbocycles. The fraction of sp³-hybridized carbons (Fsp3) is 0. The number of nitriles is 2. The second-order valence-electron chi connectivity index (χ2n) is 14.3. The molecule has 264 valence electrons. The molecule has 3 heterocycles. The molecule has 0 aliphatic heterocycles. The van der Waals surface area contributed by atoms with E-state index in [0.29, 0.717) is 28.1 Å². The Morgan fingerprint density at radius 1 is 0.368 bits per heavy atom. The lowest BCUT2D eigenvalue weighted by atomic mass is 9.90. The molecule has 0 saturated carbocycles. The van der Waals surface area contributed by atoms with Crippen LogP contribution >= 0.6 is 0 Å². The Hall–Kier alpha value is -8.12. The predicted octanol–water partition coefficient (Wildman–Crippen LogP) is 13.0. The van der Waals surface area contributed by atoms with Crippen LogP contribution in [0.25, 0.3) is 99.7 Å². The summed E-state index contributed by atoms with van der Waals surface area (Å²) in [4.78, 5) is 0. The lowest BCUT2D eigenvalue weighted by molar-refractivity contribution is 1.04. The first-order chi connectivity index (χ1) is 28.2. The van der Waals surface area contributed by atoms with Crippen LogP contribution < -0.4 is 0 Å². The van der Waals surface area contributed by atoms with E-state index < -0.39 is 0 Å². The topological polar surface area (TPSA) is 62.4 Å². The van der Waals surface area contributed by atoms with Gasteiger partial charge >= 0.3 is 0 Å². The number of para-hydroxylation sites is 6. The molecular formula is C52H31N5. The summed E-state index contributed by atoms with van der Waals surface area (Å²) in [6, 6.07) is 63.8. The lowest BCUT2D eigenvalue weighted by Crippen LogP contribution is -2.14. The maximum absolute atomic E-state index is 11.7. The standard InChI is InChI=1S/C52H31N5/c1-2-33-27-29-34(30-28-33)49-41(31-53)50(55-43-21-9-3-15-35(43)36-16-4-10-22-44(36)55)52(57-47-25-13-7-19-39(47)40-20-8-14-26-48(40)57)51(42(49)32-54)56-45-23-11-5-17-37(45)38-18-6-12-24-46(38)56/h2-30H,1H2. The monoisotopic (exact) mass is 725 g/mol. The van der Waals surface area contributed by atoms with Crippen LogP contribution in [0.3, 0.4) is 0 Å². The van der Waals surface area contributed by atoms with Gasteiger partial charge in [-0.2, -0.15) is 10.5 Å². The molecule has 3 aromatic heterocycles. The van der Waals surface area contributed by atoms with E-state index in [1.807, 2.05) is 24.3 Å². The number of hydrogen-bond acceptors (Lipinski definition) is 2. The molecule has 0 saturated heterocycles. The van der Waals surface area contributed by atoms with E-state index in [1.54, 1.807) is 6.08 Å². The van der Waals surface area contributed by atoms with Crippen LogP contribution in [0.1, 0.15) is 16.7 Å². The highest BCUT2D eigenvalue weighted by molar-refractivity contribution is 6.15. The van der Waals surface area contributed by atoms with E-state index in [1.165, 1.54) is 0 Å². The fourth-order valence-electron chi connectivity index (χ4n) is 9.14. The zero-order valence-corrected chi connectivity index (χ0v) is 30.7. The summed E-state index contributed by atoms with van der Waals surface area (Å²) in [7, 11) is 0. The van der Waals surface area contributed by atoms with Gasteiger partial charge in [0.2, 0.25) is 0 Å². The van der Waals surface area contributed by atoms with Gasteiger partial charge in [-0.3, -0.25) is 0 Å². The van der Waals surface area contributed by atoms with Crippen LogP contribution in [-0.4, -0.2) is 13.7 Å². The van der Waals surface area contributed by atoms with Crippen LogP contribution in [0.4, 0.5) is 0 Å². The van der Waals surface area contributed by atoms with Gasteiger partial charge in [-0.1, -0.05) is 146 Å². The molecule has 0 fully saturated rings. The maximum Gasteiger partial charge on any atom is 0.102 e. The summed E-state index contributed by atoms with van der Waals surface area (Å²) >= 11 is 0. The van der Waals surface area contributed by atoms with E-state index in [-0.39, 0.29) is 0 Å². The van der Waals surface area contributed by atoms with Gasteiger partial charge in [-0.15, -0.1) is 0 Å². The maximum atomic E-state index is 11.7. The van der Waals surface area contributed by atoms with Gasteiger partial charge in [-0.25, -0.2) is 0 Å². The molecule has 0 radical (unpaired) electrons. The van der Waals surface area contributed by atoms with Crippen molar-refractivity contribution in [3.63, 3.8) is 0 Å². The van der Waals surface area contributed by atoms with Crippen molar-refractivity contribution in [2.24, 2.45) is 0 Å². The third-order valence-electron chi connectivity index (χ3n) is 11.5. The Kier molecular flexibility index (Phi) is 7.07. The van der Waals surface area contributed by atoms with E-state index in [0.717, 1.165) is 82.2 Å². The second-order valence-corrected chi connectivity index (χ2v) is 14.3. The van der Waals surface area contributed by atoms with Crippen molar-refractivity contribution in [1.82, 2.24) is 13.7 Å². The first kappa shape index (κ1) is 32.3. The molecule has 5 nitrogen and oxygen atoms in total. The van der Waals surface area contributed by atoms with Gasteiger partial charge in [0, 0.05) is 37.9 Å². The number of fused-ring (bicyclic) bond motifs is 9. The Morgan fingerprint density at radius 2 is 0.649 bits per heavy atom. The first-order valence-corrected chi connectivity index (χ1v) is 18.9. The Bertz CT molecular complexity index is 3250. The Labute approximate surface area is 328 Å². The van der Waals surface area contributed by atoms with Crippen LogP contribution in [0.5, 0.6) is 0 Å². The quantitative estimate of drug-likeness (QED) is 0.177. The van der Waals surface area contributed by atoms with Crippen molar-refractivity contribution in [2.45, 2.75) is 0 Å². The van der Waals surface area contributed by atoms with E-state index in [9.17, 15) is 10.5 Å². The van der Waals surface area contributed by atoms with Gasteiger partial charge in [-0.05, 0) is 47.5 Å². The molecule has 11 rings (SSSR count). The number of rotatable bonds is 5. The minimum Gasteiger partial charge on any atom is -0.306 e. The van der Waals surface area contributed by atoms with Gasteiger partial charge in [0.1, 0.15) is 12.1 Å².